The molecule has 1 aromatic carbocycles. The van der Waals surface area contributed by atoms with Crippen LogP contribution < -0.4 is 0 Å². The fourth-order valence-electron chi connectivity index (χ4n) is 0.902. The van der Waals surface area contributed by atoms with E-state index >= 15 is 0 Å². The minimum absolute atomic E-state index is 0.120. The highest BCUT2D eigenvalue weighted by Crippen LogP contribution is 2.27. The van der Waals surface area contributed by atoms with Crippen molar-refractivity contribution >= 4 is 16.9 Å². The van der Waals surface area contributed by atoms with E-state index in [4.69, 9.17) is 5.11 Å². The molecule has 0 unspecified atom stereocenters. The fourth-order valence-corrected chi connectivity index (χ4v) is 1.65. The number of hydrogen-bond donors (Lipinski definition) is 2. The standard InChI is InChI=1S/C9H12O2S/c1-12(2)8-5-3-7(4-6-8)9(10)11/h3-6,12H,1-2H3,(H,10,11). The summed E-state index contributed by atoms with van der Waals surface area (Å²) < 4.78 is 0. The lowest BCUT2D eigenvalue weighted by molar-refractivity contribution is 0.0697. The van der Waals surface area contributed by atoms with Crippen LogP contribution in [-0.4, -0.2) is 23.6 Å². The average molecular weight is 184 g/mol. The van der Waals surface area contributed by atoms with E-state index in [-0.39, 0.29) is 10.9 Å². The third-order valence-electron chi connectivity index (χ3n) is 1.63. The van der Waals surface area contributed by atoms with Crippen molar-refractivity contribution in [1.29, 1.82) is 0 Å². The number of thiol groups is 1. The lowest BCUT2D eigenvalue weighted by atomic mass is 10.2. The van der Waals surface area contributed by atoms with Gasteiger partial charge in [-0.15, -0.1) is 0 Å². The zero-order chi connectivity index (χ0) is 9.14. The van der Waals surface area contributed by atoms with Crippen molar-refractivity contribution in [2.75, 3.05) is 12.5 Å². The molecule has 12 heavy (non-hydrogen) atoms. The number of rotatable bonds is 2. The second-order valence-electron chi connectivity index (χ2n) is 2.75. The molecule has 0 amide bonds. The van der Waals surface area contributed by atoms with Crippen molar-refractivity contribution in [3.05, 3.63) is 29.8 Å². The molecule has 1 aromatic rings. The minimum Gasteiger partial charge on any atom is -0.478 e. The molecule has 0 saturated carbocycles. The highest BCUT2D eigenvalue weighted by atomic mass is 32.2. The molecule has 0 aromatic heterocycles. The molecule has 0 atom stereocenters. The van der Waals surface area contributed by atoms with E-state index in [0.29, 0.717) is 5.56 Å². The molecule has 0 aliphatic heterocycles. The maximum atomic E-state index is 10.5. The SMILES string of the molecule is C[SH](C)c1ccc(C(=O)O)cc1. The second-order valence-corrected chi connectivity index (χ2v) is 5.05. The van der Waals surface area contributed by atoms with Gasteiger partial charge in [-0.25, -0.2) is 15.7 Å². The summed E-state index contributed by atoms with van der Waals surface area (Å²) in [6.07, 6.45) is 4.29. The number of benzene rings is 1. The molecule has 2 nitrogen and oxygen atoms in total. The Balaban J connectivity index is 2.93. The monoisotopic (exact) mass is 184 g/mol. The van der Waals surface area contributed by atoms with Gasteiger partial charge < -0.3 is 5.11 Å². The van der Waals surface area contributed by atoms with Crippen LogP contribution in [0.1, 0.15) is 10.4 Å². The molecule has 0 heterocycles. The van der Waals surface area contributed by atoms with Crippen molar-refractivity contribution in [2.45, 2.75) is 4.90 Å². The molecule has 3 heteroatoms. The summed E-state index contributed by atoms with van der Waals surface area (Å²) in [6, 6.07) is 7.07. The first-order chi connectivity index (χ1) is 5.61. The van der Waals surface area contributed by atoms with Crippen LogP contribution in [0.2, 0.25) is 0 Å². The van der Waals surface area contributed by atoms with Gasteiger partial charge in [0.1, 0.15) is 0 Å². The van der Waals surface area contributed by atoms with Crippen LogP contribution in [-0.2, 0) is 0 Å². The Labute approximate surface area is 74.6 Å². The molecule has 0 aliphatic carbocycles. The van der Waals surface area contributed by atoms with E-state index < -0.39 is 5.97 Å². The molecule has 0 aliphatic rings. The summed E-state index contributed by atoms with van der Waals surface area (Å²) in [5.41, 5.74) is 0.357. The van der Waals surface area contributed by atoms with Crippen LogP contribution in [0.5, 0.6) is 0 Å². The Morgan fingerprint density at radius 1 is 1.25 bits per heavy atom. The molecular weight excluding hydrogens is 172 g/mol. The van der Waals surface area contributed by atoms with Crippen LogP contribution in [0.3, 0.4) is 0 Å². The quantitative estimate of drug-likeness (QED) is 0.690. The first-order valence-corrected chi connectivity index (χ1v) is 5.85. The maximum Gasteiger partial charge on any atom is 0.335 e. The Bertz CT molecular complexity index is 277. The topological polar surface area (TPSA) is 37.3 Å². The predicted molar refractivity (Wildman–Crippen MR) is 52.5 cm³/mol. The first kappa shape index (κ1) is 9.13. The van der Waals surface area contributed by atoms with Crippen LogP contribution in [0, 0.1) is 0 Å². The van der Waals surface area contributed by atoms with Gasteiger partial charge >= 0.3 is 5.97 Å². The summed E-state index contributed by atoms with van der Waals surface area (Å²) >= 11 is 0. The lowest BCUT2D eigenvalue weighted by Gasteiger charge is -2.08. The molecule has 0 radical (unpaired) electrons. The van der Waals surface area contributed by atoms with E-state index in [0.717, 1.165) is 0 Å². The van der Waals surface area contributed by atoms with Crippen LogP contribution >= 0.6 is 10.9 Å². The lowest BCUT2D eigenvalue weighted by Crippen LogP contribution is -1.95. The van der Waals surface area contributed by atoms with E-state index in [1.807, 2.05) is 12.1 Å². The predicted octanol–water partition coefficient (Wildman–Crippen LogP) is 2.00. The van der Waals surface area contributed by atoms with Gasteiger partial charge in [0.25, 0.3) is 0 Å². The fraction of sp³-hybridized carbons (Fsp3) is 0.222. The molecule has 0 bridgehead atoms. The van der Waals surface area contributed by atoms with Gasteiger partial charge in [-0.1, -0.05) is 0 Å². The van der Waals surface area contributed by atoms with Gasteiger partial charge in [-0.3, -0.25) is 0 Å². The van der Waals surface area contributed by atoms with Gasteiger partial charge in [0.15, 0.2) is 0 Å². The second kappa shape index (κ2) is 3.63. The Hall–Kier alpha value is -0.960. The van der Waals surface area contributed by atoms with Crippen molar-refractivity contribution < 1.29 is 9.90 Å². The van der Waals surface area contributed by atoms with Gasteiger partial charge in [0, 0.05) is 0 Å². The van der Waals surface area contributed by atoms with Crippen molar-refractivity contribution in [2.24, 2.45) is 0 Å². The van der Waals surface area contributed by atoms with Crippen molar-refractivity contribution in [3.8, 4) is 0 Å². The van der Waals surface area contributed by atoms with E-state index in [1.165, 1.54) is 4.90 Å². The Morgan fingerprint density at radius 2 is 1.75 bits per heavy atom. The minimum atomic E-state index is -0.863. The molecule has 1 rings (SSSR count). The molecule has 0 fully saturated rings. The summed E-state index contributed by atoms with van der Waals surface area (Å²) in [5.74, 6) is -0.863. The number of carboxylic acid groups (broad SMARTS) is 1. The Morgan fingerprint density at radius 3 is 2.08 bits per heavy atom. The van der Waals surface area contributed by atoms with Crippen molar-refractivity contribution in [1.82, 2.24) is 0 Å². The zero-order valence-electron chi connectivity index (χ0n) is 7.11. The first-order valence-electron chi connectivity index (χ1n) is 3.62. The largest absolute Gasteiger partial charge is 0.478 e. The highest BCUT2D eigenvalue weighted by molar-refractivity contribution is 8.15. The van der Waals surface area contributed by atoms with Gasteiger partial charge in [-0.2, -0.15) is 0 Å². The number of carbonyl (C=O) groups is 1. The van der Waals surface area contributed by atoms with Gasteiger partial charge in [0.05, 0.1) is 5.56 Å². The molecule has 66 valence electrons. The molecule has 0 saturated heterocycles. The zero-order valence-corrected chi connectivity index (χ0v) is 8.01. The average Bonchev–Trinajstić information content (AvgIpc) is 2.04. The summed E-state index contributed by atoms with van der Waals surface area (Å²) in [6.45, 7) is 0. The summed E-state index contributed by atoms with van der Waals surface area (Å²) in [4.78, 5) is 11.7. The van der Waals surface area contributed by atoms with Crippen LogP contribution in [0.15, 0.2) is 29.2 Å². The third kappa shape index (κ3) is 2.01. The summed E-state index contributed by atoms with van der Waals surface area (Å²) in [5, 5.41) is 8.62. The highest BCUT2D eigenvalue weighted by Gasteiger charge is 2.01. The molecular formula is C9H12O2S. The van der Waals surface area contributed by atoms with Crippen molar-refractivity contribution in [3.63, 3.8) is 0 Å². The normalized spacial score (nSPS) is 11.0. The summed E-state index contributed by atoms with van der Waals surface area (Å²) in [7, 11) is -0.120. The molecule has 1 N–H and O–H groups in total. The smallest absolute Gasteiger partial charge is 0.335 e. The van der Waals surface area contributed by atoms with Crippen LogP contribution in [0.4, 0.5) is 0 Å². The van der Waals surface area contributed by atoms with Gasteiger partial charge in [-0.05, 0) is 41.7 Å². The molecule has 0 spiro atoms. The number of carboxylic acids is 1. The number of hydrogen-bond acceptors (Lipinski definition) is 1. The number of aromatic carboxylic acids is 1. The van der Waals surface area contributed by atoms with E-state index in [1.54, 1.807) is 12.1 Å². The third-order valence-corrected chi connectivity index (χ3v) is 2.96. The maximum absolute atomic E-state index is 10.5. The van der Waals surface area contributed by atoms with E-state index in [2.05, 4.69) is 12.5 Å². The van der Waals surface area contributed by atoms with E-state index in [9.17, 15) is 4.79 Å². The van der Waals surface area contributed by atoms with Gasteiger partial charge in [0.2, 0.25) is 0 Å². The Kier molecular flexibility index (Phi) is 2.76. The van der Waals surface area contributed by atoms with Crippen LogP contribution in [0.25, 0.3) is 0 Å².